The molecule has 0 unspecified atom stereocenters. The van der Waals surface area contributed by atoms with Crippen molar-refractivity contribution in [2.45, 2.75) is 5.03 Å². The Morgan fingerprint density at radius 1 is 1.38 bits per heavy atom. The quantitative estimate of drug-likeness (QED) is 0.547. The smallest absolute Gasteiger partial charge is 0.181 e. The van der Waals surface area contributed by atoms with Crippen molar-refractivity contribution in [2.24, 2.45) is 5.73 Å². The topological polar surface area (TPSA) is 80.5 Å². The molecule has 2 aromatic heterocycles. The Bertz CT molecular complexity index is 398. The van der Waals surface area contributed by atoms with Gasteiger partial charge >= 0.3 is 0 Å². The van der Waals surface area contributed by atoms with Gasteiger partial charge in [-0.2, -0.15) is 0 Å². The van der Waals surface area contributed by atoms with E-state index >= 15 is 0 Å². The molecule has 0 spiro atoms. The lowest BCUT2D eigenvalue weighted by Gasteiger charge is -1.98. The number of aromatic amines is 1. The summed E-state index contributed by atoms with van der Waals surface area (Å²) < 4.78 is 0. The Morgan fingerprint density at radius 2 is 2.31 bits per heavy atom. The van der Waals surface area contributed by atoms with E-state index in [1.165, 1.54) is 6.33 Å². The molecule has 0 aliphatic carbocycles. The normalized spacial score (nSPS) is 10.8. The molecule has 0 saturated carbocycles. The van der Waals surface area contributed by atoms with Gasteiger partial charge in [0, 0.05) is 12.3 Å². The maximum Gasteiger partial charge on any atom is 0.181 e. The van der Waals surface area contributed by atoms with Crippen LogP contribution in [0, 0.1) is 0 Å². The lowest BCUT2D eigenvalue weighted by Crippen LogP contribution is -2.01. The molecule has 0 radical (unpaired) electrons. The van der Waals surface area contributed by atoms with Crippen LogP contribution in [0.15, 0.2) is 17.7 Å². The monoisotopic (exact) mass is 195 g/mol. The zero-order valence-corrected chi connectivity index (χ0v) is 7.71. The number of thioether (sulfide) groups is 1. The Labute approximate surface area is 79.2 Å². The van der Waals surface area contributed by atoms with E-state index in [2.05, 4.69) is 19.9 Å². The number of nitrogens with two attached hydrogens (primary N) is 1. The van der Waals surface area contributed by atoms with Crippen molar-refractivity contribution < 1.29 is 0 Å². The van der Waals surface area contributed by atoms with Gasteiger partial charge in [0.25, 0.3) is 0 Å². The van der Waals surface area contributed by atoms with Crippen LogP contribution >= 0.6 is 11.8 Å². The first kappa shape index (κ1) is 8.46. The van der Waals surface area contributed by atoms with E-state index in [9.17, 15) is 0 Å². The van der Waals surface area contributed by atoms with E-state index in [0.29, 0.717) is 12.2 Å². The molecule has 68 valence electrons. The van der Waals surface area contributed by atoms with Gasteiger partial charge in [0.2, 0.25) is 0 Å². The maximum absolute atomic E-state index is 5.41. The average Bonchev–Trinajstić information content (AvgIpc) is 2.62. The molecule has 0 bridgehead atoms. The highest BCUT2D eigenvalue weighted by molar-refractivity contribution is 7.99. The highest BCUT2D eigenvalue weighted by atomic mass is 32.2. The van der Waals surface area contributed by atoms with Crippen LogP contribution < -0.4 is 5.73 Å². The molecule has 5 nitrogen and oxygen atoms in total. The molecule has 0 aromatic carbocycles. The van der Waals surface area contributed by atoms with Crippen LogP contribution in [-0.2, 0) is 0 Å². The Hall–Kier alpha value is -1.14. The number of nitrogens with zero attached hydrogens (tertiary/aromatic N) is 3. The molecule has 2 heterocycles. The molecule has 0 aliphatic heterocycles. The molecule has 0 amide bonds. The summed E-state index contributed by atoms with van der Waals surface area (Å²) in [7, 11) is 0. The van der Waals surface area contributed by atoms with Gasteiger partial charge < -0.3 is 10.7 Å². The largest absolute Gasteiger partial charge is 0.341 e. The molecule has 0 aliphatic rings. The summed E-state index contributed by atoms with van der Waals surface area (Å²) in [6.45, 7) is 0.643. The third-order valence-electron chi connectivity index (χ3n) is 1.54. The predicted molar refractivity (Wildman–Crippen MR) is 51.5 cm³/mol. The second-order valence-corrected chi connectivity index (χ2v) is 3.50. The molecule has 2 aromatic rings. The summed E-state index contributed by atoms with van der Waals surface area (Å²) in [6.07, 6.45) is 3.13. The summed E-state index contributed by atoms with van der Waals surface area (Å²) in [5.74, 6) is 0.852. The highest BCUT2D eigenvalue weighted by Crippen LogP contribution is 2.20. The van der Waals surface area contributed by atoms with E-state index in [-0.39, 0.29) is 0 Å². The summed E-state index contributed by atoms with van der Waals surface area (Å²) in [5, 5.41) is 0.910. The number of fused-ring (bicyclic) bond motifs is 1. The highest BCUT2D eigenvalue weighted by Gasteiger charge is 2.04. The van der Waals surface area contributed by atoms with Crippen molar-refractivity contribution in [3.8, 4) is 0 Å². The van der Waals surface area contributed by atoms with Gasteiger partial charge in [0.05, 0.1) is 6.33 Å². The van der Waals surface area contributed by atoms with Crippen LogP contribution in [0.4, 0.5) is 0 Å². The Kier molecular flexibility index (Phi) is 2.42. The van der Waals surface area contributed by atoms with E-state index in [1.54, 1.807) is 18.1 Å². The molecule has 2 rings (SSSR count). The lowest BCUT2D eigenvalue weighted by molar-refractivity contribution is 1.08. The minimum atomic E-state index is 0.643. The van der Waals surface area contributed by atoms with Crippen molar-refractivity contribution in [3.63, 3.8) is 0 Å². The number of aromatic nitrogens is 4. The fraction of sp³-hybridized carbons (Fsp3) is 0.286. The van der Waals surface area contributed by atoms with E-state index in [1.807, 2.05) is 0 Å². The van der Waals surface area contributed by atoms with Crippen LogP contribution in [0.25, 0.3) is 11.2 Å². The van der Waals surface area contributed by atoms with Crippen molar-refractivity contribution in [1.82, 2.24) is 19.9 Å². The molecule has 0 fully saturated rings. The van der Waals surface area contributed by atoms with Crippen LogP contribution in [-0.4, -0.2) is 32.2 Å². The van der Waals surface area contributed by atoms with Gasteiger partial charge in [0.1, 0.15) is 16.9 Å². The van der Waals surface area contributed by atoms with Gasteiger partial charge in [-0.05, 0) is 0 Å². The van der Waals surface area contributed by atoms with E-state index in [0.717, 1.165) is 16.3 Å². The Morgan fingerprint density at radius 3 is 3.15 bits per heavy atom. The zero-order valence-electron chi connectivity index (χ0n) is 6.90. The van der Waals surface area contributed by atoms with Crippen molar-refractivity contribution in [2.75, 3.05) is 12.3 Å². The van der Waals surface area contributed by atoms with Gasteiger partial charge in [-0.15, -0.1) is 11.8 Å². The van der Waals surface area contributed by atoms with Crippen LogP contribution in [0.3, 0.4) is 0 Å². The number of nitrogens with one attached hydrogen (secondary N) is 1. The number of rotatable bonds is 3. The van der Waals surface area contributed by atoms with E-state index in [4.69, 9.17) is 5.73 Å². The van der Waals surface area contributed by atoms with Crippen molar-refractivity contribution >= 4 is 22.9 Å². The first-order valence-corrected chi connectivity index (χ1v) is 4.87. The molecule has 0 atom stereocenters. The lowest BCUT2D eigenvalue weighted by atomic mass is 10.6. The van der Waals surface area contributed by atoms with Gasteiger partial charge in [-0.3, -0.25) is 0 Å². The Balaban J connectivity index is 2.37. The standard InChI is InChI=1S/C7H9N5S/c8-1-2-13-7-5-6(10-3-9-5)11-4-12-7/h3-4H,1-2,8H2,(H,9,10,11,12). The fourth-order valence-electron chi connectivity index (χ4n) is 1.01. The van der Waals surface area contributed by atoms with Gasteiger partial charge in [-0.25, -0.2) is 15.0 Å². The summed E-state index contributed by atoms with van der Waals surface area (Å²) >= 11 is 1.61. The number of H-pyrrole nitrogens is 1. The third-order valence-corrected chi connectivity index (χ3v) is 2.57. The molecular weight excluding hydrogens is 186 g/mol. The predicted octanol–water partition coefficient (Wildman–Crippen LogP) is 0.404. The second kappa shape index (κ2) is 3.71. The number of hydrogen-bond donors (Lipinski definition) is 2. The minimum Gasteiger partial charge on any atom is -0.341 e. The number of hydrogen-bond acceptors (Lipinski definition) is 5. The van der Waals surface area contributed by atoms with Crippen molar-refractivity contribution in [3.05, 3.63) is 12.7 Å². The molecule has 3 N–H and O–H groups in total. The minimum absolute atomic E-state index is 0.643. The zero-order chi connectivity index (χ0) is 9.10. The van der Waals surface area contributed by atoms with Crippen molar-refractivity contribution in [1.29, 1.82) is 0 Å². The maximum atomic E-state index is 5.41. The first-order chi connectivity index (χ1) is 6.42. The molecule has 13 heavy (non-hydrogen) atoms. The second-order valence-electron chi connectivity index (χ2n) is 2.42. The molecule has 6 heteroatoms. The van der Waals surface area contributed by atoms with Crippen LogP contribution in [0.5, 0.6) is 0 Å². The molecule has 0 saturated heterocycles. The summed E-state index contributed by atoms with van der Waals surface area (Å²) in [4.78, 5) is 15.2. The van der Waals surface area contributed by atoms with Crippen LogP contribution in [0.2, 0.25) is 0 Å². The van der Waals surface area contributed by atoms with Crippen LogP contribution in [0.1, 0.15) is 0 Å². The van der Waals surface area contributed by atoms with Gasteiger partial charge in [0.15, 0.2) is 5.65 Å². The fourth-order valence-corrected chi connectivity index (χ4v) is 1.74. The van der Waals surface area contributed by atoms with Gasteiger partial charge in [-0.1, -0.05) is 0 Å². The summed E-state index contributed by atoms with van der Waals surface area (Å²) in [6, 6.07) is 0. The SMILES string of the molecule is NCCSc1ncnc2nc[nH]c12. The first-order valence-electron chi connectivity index (χ1n) is 3.89. The third kappa shape index (κ3) is 1.63. The molecular formula is C7H9N5S. The summed E-state index contributed by atoms with van der Waals surface area (Å²) in [5.41, 5.74) is 7.00. The number of imidazole rings is 1. The van der Waals surface area contributed by atoms with E-state index < -0.39 is 0 Å². The average molecular weight is 195 g/mol.